The zero-order chi connectivity index (χ0) is 21.4. The quantitative estimate of drug-likeness (QED) is 0.533. The van der Waals surface area contributed by atoms with Crippen LogP contribution in [0.4, 0.5) is 4.79 Å². The Bertz CT molecular complexity index is 823. The van der Waals surface area contributed by atoms with Crippen molar-refractivity contribution in [3.63, 3.8) is 0 Å². The SMILES string of the molecule is CCCOc1c(Br)cc(C(=O)OCC2=C(C(=O)OCC)CNC(=O)N2)cc1OC. The van der Waals surface area contributed by atoms with Crippen molar-refractivity contribution in [3.8, 4) is 11.5 Å². The molecule has 0 fully saturated rings. The summed E-state index contributed by atoms with van der Waals surface area (Å²) in [6.07, 6.45) is 0.817. The van der Waals surface area contributed by atoms with E-state index in [9.17, 15) is 14.4 Å². The predicted molar refractivity (Wildman–Crippen MR) is 107 cm³/mol. The molecule has 29 heavy (non-hydrogen) atoms. The fraction of sp³-hybridized carbons (Fsp3) is 0.421. The van der Waals surface area contributed by atoms with E-state index in [1.165, 1.54) is 13.2 Å². The van der Waals surface area contributed by atoms with Crippen LogP contribution >= 0.6 is 15.9 Å². The molecule has 0 spiro atoms. The summed E-state index contributed by atoms with van der Waals surface area (Å²) in [5, 5.41) is 4.96. The van der Waals surface area contributed by atoms with E-state index in [0.717, 1.165) is 6.42 Å². The Kier molecular flexibility index (Phi) is 8.32. The Morgan fingerprint density at radius 3 is 2.59 bits per heavy atom. The van der Waals surface area contributed by atoms with Gasteiger partial charge in [0.05, 0.1) is 48.2 Å². The minimum Gasteiger partial charge on any atom is -0.493 e. The van der Waals surface area contributed by atoms with Crippen molar-refractivity contribution in [2.75, 3.05) is 33.5 Å². The molecule has 0 aromatic heterocycles. The lowest BCUT2D eigenvalue weighted by molar-refractivity contribution is -0.138. The second-order valence-electron chi connectivity index (χ2n) is 5.90. The van der Waals surface area contributed by atoms with Gasteiger partial charge in [-0.25, -0.2) is 14.4 Å². The van der Waals surface area contributed by atoms with Gasteiger partial charge in [-0.1, -0.05) is 6.92 Å². The van der Waals surface area contributed by atoms with Crippen molar-refractivity contribution < 1.29 is 33.3 Å². The van der Waals surface area contributed by atoms with Crippen LogP contribution < -0.4 is 20.1 Å². The van der Waals surface area contributed by atoms with Gasteiger partial charge in [-0.3, -0.25) is 0 Å². The molecule has 1 heterocycles. The average molecular weight is 471 g/mol. The van der Waals surface area contributed by atoms with E-state index in [-0.39, 0.29) is 36.6 Å². The van der Waals surface area contributed by atoms with Crippen molar-refractivity contribution in [2.24, 2.45) is 0 Å². The number of esters is 2. The van der Waals surface area contributed by atoms with E-state index >= 15 is 0 Å². The summed E-state index contributed by atoms with van der Waals surface area (Å²) >= 11 is 3.37. The third-order valence-corrected chi connectivity index (χ3v) is 4.43. The number of carbonyl (C=O) groups is 3. The number of methoxy groups -OCH3 is 1. The standard InChI is InChI=1S/C19H23BrN2O7/c1-4-6-28-16-13(20)7-11(8-15(16)26-3)17(23)29-10-14-12(18(24)27-5-2)9-21-19(25)22-14/h7-8H,4-6,9-10H2,1-3H3,(H2,21,22,25). The highest BCUT2D eigenvalue weighted by atomic mass is 79.9. The Morgan fingerprint density at radius 1 is 1.17 bits per heavy atom. The number of carbonyl (C=O) groups excluding carboxylic acids is 3. The summed E-state index contributed by atoms with van der Waals surface area (Å²) < 4.78 is 21.7. The van der Waals surface area contributed by atoms with Crippen LogP contribution in [0, 0.1) is 0 Å². The molecule has 2 N–H and O–H groups in total. The monoisotopic (exact) mass is 470 g/mol. The van der Waals surface area contributed by atoms with Crippen LogP contribution in [0.2, 0.25) is 0 Å². The van der Waals surface area contributed by atoms with Gasteiger partial charge >= 0.3 is 18.0 Å². The molecule has 1 aromatic rings. The molecule has 0 saturated heterocycles. The zero-order valence-electron chi connectivity index (χ0n) is 16.4. The summed E-state index contributed by atoms with van der Waals surface area (Å²) in [7, 11) is 1.47. The maximum absolute atomic E-state index is 12.5. The fourth-order valence-electron chi connectivity index (χ4n) is 2.47. The van der Waals surface area contributed by atoms with Crippen LogP contribution in [0.3, 0.4) is 0 Å². The number of urea groups is 1. The summed E-state index contributed by atoms with van der Waals surface area (Å²) in [5.41, 5.74) is 0.590. The van der Waals surface area contributed by atoms with Crippen molar-refractivity contribution in [3.05, 3.63) is 33.4 Å². The number of rotatable bonds is 9. The minimum absolute atomic E-state index is 0.0135. The molecule has 158 valence electrons. The summed E-state index contributed by atoms with van der Waals surface area (Å²) in [6.45, 7) is 4.02. The molecule has 2 amide bonds. The van der Waals surface area contributed by atoms with Crippen LogP contribution in [-0.2, 0) is 14.3 Å². The lowest BCUT2D eigenvalue weighted by Crippen LogP contribution is -2.45. The first-order chi connectivity index (χ1) is 13.9. The molecule has 1 aromatic carbocycles. The number of halogens is 1. The van der Waals surface area contributed by atoms with E-state index in [2.05, 4.69) is 26.6 Å². The number of amides is 2. The number of nitrogens with one attached hydrogen (secondary N) is 2. The van der Waals surface area contributed by atoms with Crippen LogP contribution in [0.1, 0.15) is 30.6 Å². The number of ether oxygens (including phenoxy) is 4. The Hall–Kier alpha value is -2.75. The Labute approximate surface area is 176 Å². The maximum Gasteiger partial charge on any atom is 0.338 e. The number of hydrogen-bond donors (Lipinski definition) is 2. The molecule has 0 atom stereocenters. The second-order valence-corrected chi connectivity index (χ2v) is 6.75. The normalized spacial score (nSPS) is 13.3. The van der Waals surface area contributed by atoms with Gasteiger partial charge in [-0.05, 0) is 41.4 Å². The second kappa shape index (κ2) is 10.7. The third-order valence-electron chi connectivity index (χ3n) is 3.84. The lowest BCUT2D eigenvalue weighted by Gasteiger charge is -2.21. The van der Waals surface area contributed by atoms with Gasteiger partial charge < -0.3 is 29.6 Å². The van der Waals surface area contributed by atoms with Gasteiger partial charge in [-0.15, -0.1) is 0 Å². The zero-order valence-corrected chi connectivity index (χ0v) is 18.0. The van der Waals surface area contributed by atoms with E-state index < -0.39 is 18.0 Å². The van der Waals surface area contributed by atoms with Crippen LogP contribution in [0.15, 0.2) is 27.9 Å². The van der Waals surface area contributed by atoms with Crippen molar-refractivity contribution in [2.45, 2.75) is 20.3 Å². The van der Waals surface area contributed by atoms with Gasteiger partial charge in [0.15, 0.2) is 11.5 Å². The molecule has 0 saturated carbocycles. The molecule has 10 heteroatoms. The molecule has 0 aliphatic carbocycles. The summed E-state index contributed by atoms with van der Waals surface area (Å²) in [4.78, 5) is 36.1. The molecular weight excluding hydrogens is 448 g/mol. The molecule has 0 radical (unpaired) electrons. The number of hydrogen-bond acceptors (Lipinski definition) is 7. The van der Waals surface area contributed by atoms with Crippen LogP contribution in [-0.4, -0.2) is 51.4 Å². The highest BCUT2D eigenvalue weighted by Gasteiger charge is 2.25. The molecule has 0 bridgehead atoms. The molecule has 9 nitrogen and oxygen atoms in total. The van der Waals surface area contributed by atoms with Crippen molar-refractivity contribution >= 4 is 33.9 Å². The maximum atomic E-state index is 12.5. The summed E-state index contributed by atoms with van der Waals surface area (Å²) in [5.74, 6) is -0.382. The molecule has 2 rings (SSSR count). The van der Waals surface area contributed by atoms with E-state index in [0.29, 0.717) is 22.6 Å². The first kappa shape index (κ1) is 22.5. The minimum atomic E-state index is -0.658. The van der Waals surface area contributed by atoms with E-state index in [1.54, 1.807) is 13.0 Å². The number of benzene rings is 1. The van der Waals surface area contributed by atoms with Crippen LogP contribution in [0.5, 0.6) is 11.5 Å². The first-order valence-electron chi connectivity index (χ1n) is 9.02. The molecule has 0 unspecified atom stereocenters. The molecule has 1 aliphatic rings. The molecular formula is C19H23BrN2O7. The van der Waals surface area contributed by atoms with Crippen molar-refractivity contribution in [1.29, 1.82) is 0 Å². The first-order valence-corrected chi connectivity index (χ1v) is 9.81. The third kappa shape index (κ3) is 5.86. The fourth-order valence-corrected chi connectivity index (χ4v) is 3.03. The van der Waals surface area contributed by atoms with Gasteiger partial charge in [0.2, 0.25) is 0 Å². The van der Waals surface area contributed by atoms with Crippen molar-refractivity contribution in [1.82, 2.24) is 10.6 Å². The highest BCUT2D eigenvalue weighted by Crippen LogP contribution is 2.37. The van der Waals surface area contributed by atoms with Gasteiger partial charge in [0, 0.05) is 0 Å². The average Bonchev–Trinajstić information content (AvgIpc) is 2.70. The van der Waals surface area contributed by atoms with Crippen LogP contribution in [0.25, 0.3) is 0 Å². The Morgan fingerprint density at radius 2 is 1.93 bits per heavy atom. The van der Waals surface area contributed by atoms with E-state index in [1.807, 2.05) is 6.92 Å². The smallest absolute Gasteiger partial charge is 0.338 e. The lowest BCUT2D eigenvalue weighted by atomic mass is 10.1. The highest BCUT2D eigenvalue weighted by molar-refractivity contribution is 9.10. The van der Waals surface area contributed by atoms with E-state index in [4.69, 9.17) is 18.9 Å². The molecule has 1 aliphatic heterocycles. The van der Waals surface area contributed by atoms with Gasteiger partial charge in [0.1, 0.15) is 6.61 Å². The predicted octanol–water partition coefficient (Wildman–Crippen LogP) is 2.53. The topological polar surface area (TPSA) is 112 Å². The van der Waals surface area contributed by atoms with Gasteiger partial charge in [0.25, 0.3) is 0 Å². The Balaban J connectivity index is 2.17. The van der Waals surface area contributed by atoms with Gasteiger partial charge in [-0.2, -0.15) is 0 Å². The summed E-state index contributed by atoms with van der Waals surface area (Å²) in [6, 6.07) is 2.56. The largest absolute Gasteiger partial charge is 0.493 e.